The topological polar surface area (TPSA) is 96.8 Å². The SMILES string of the molecule is CN1CCN(c2ccc(N3C(=O)C(=O)/C(=C(\O)c4ccc5c(c4)N(C)CCO5)C3c3ccc(O)cc3)cc2)CC1. The molecule has 3 heterocycles. The Kier molecular flexibility index (Phi) is 6.59. The standard InChI is InChI=1S/C31H32N4O5/c1-32-13-15-34(16-14-32)22-6-8-23(9-7-22)35-28(20-3-10-24(36)11-4-20)27(30(38)31(35)39)29(37)21-5-12-26-25(19-21)33(2)17-18-40-26/h3-12,19,28,36-37H,13-18H2,1-2H3/b29-27-. The van der Waals surface area contributed by atoms with E-state index in [0.717, 1.165) is 37.6 Å². The van der Waals surface area contributed by atoms with E-state index >= 15 is 0 Å². The Morgan fingerprint density at radius 1 is 0.850 bits per heavy atom. The normalized spacial score (nSPS) is 20.9. The van der Waals surface area contributed by atoms with Gasteiger partial charge in [-0.3, -0.25) is 14.5 Å². The second kappa shape index (κ2) is 10.2. The molecule has 0 spiro atoms. The Balaban J connectivity index is 1.42. The number of benzene rings is 3. The molecule has 0 aliphatic carbocycles. The van der Waals surface area contributed by atoms with Crippen LogP contribution in [0.25, 0.3) is 5.76 Å². The Labute approximate surface area is 233 Å². The van der Waals surface area contributed by atoms with Crippen molar-refractivity contribution in [3.05, 3.63) is 83.4 Å². The Hall–Kier alpha value is -4.50. The molecule has 40 heavy (non-hydrogen) atoms. The summed E-state index contributed by atoms with van der Waals surface area (Å²) >= 11 is 0. The fourth-order valence-electron chi connectivity index (χ4n) is 5.61. The summed E-state index contributed by atoms with van der Waals surface area (Å²) in [6.07, 6.45) is 0. The molecule has 9 nitrogen and oxygen atoms in total. The van der Waals surface area contributed by atoms with Crippen molar-refractivity contribution in [3.8, 4) is 11.5 Å². The molecule has 2 N–H and O–H groups in total. The number of hydrogen-bond acceptors (Lipinski definition) is 8. The van der Waals surface area contributed by atoms with Crippen LogP contribution in [0, 0.1) is 0 Å². The maximum atomic E-state index is 13.5. The number of anilines is 3. The number of likely N-dealkylation sites (N-methyl/N-ethyl adjacent to an activating group) is 2. The highest BCUT2D eigenvalue weighted by atomic mass is 16.5. The number of carbonyl (C=O) groups excluding carboxylic acids is 2. The van der Waals surface area contributed by atoms with E-state index in [9.17, 15) is 19.8 Å². The van der Waals surface area contributed by atoms with Crippen LogP contribution >= 0.6 is 0 Å². The Morgan fingerprint density at radius 3 is 2.23 bits per heavy atom. The highest BCUT2D eigenvalue weighted by Gasteiger charge is 2.47. The zero-order chi connectivity index (χ0) is 28.0. The summed E-state index contributed by atoms with van der Waals surface area (Å²) in [5, 5.41) is 21.5. The van der Waals surface area contributed by atoms with E-state index in [1.165, 1.54) is 17.0 Å². The van der Waals surface area contributed by atoms with E-state index in [1.54, 1.807) is 30.3 Å². The molecule has 3 aliphatic heterocycles. The summed E-state index contributed by atoms with van der Waals surface area (Å²) in [7, 11) is 4.04. The zero-order valence-electron chi connectivity index (χ0n) is 22.6. The van der Waals surface area contributed by atoms with E-state index in [0.29, 0.717) is 35.7 Å². The average Bonchev–Trinajstić information content (AvgIpc) is 3.23. The van der Waals surface area contributed by atoms with Crippen molar-refractivity contribution in [2.75, 3.05) is 68.1 Å². The minimum atomic E-state index is -0.875. The van der Waals surface area contributed by atoms with Crippen LogP contribution in [-0.2, 0) is 9.59 Å². The summed E-state index contributed by atoms with van der Waals surface area (Å²) in [6, 6.07) is 18.3. The predicted molar refractivity (Wildman–Crippen MR) is 154 cm³/mol. The number of amides is 1. The van der Waals surface area contributed by atoms with Gasteiger partial charge in [0.2, 0.25) is 0 Å². The van der Waals surface area contributed by atoms with Gasteiger partial charge in [0.25, 0.3) is 11.7 Å². The van der Waals surface area contributed by atoms with Gasteiger partial charge in [-0.2, -0.15) is 0 Å². The van der Waals surface area contributed by atoms with Gasteiger partial charge in [-0.15, -0.1) is 0 Å². The van der Waals surface area contributed by atoms with Crippen LogP contribution in [0.4, 0.5) is 17.1 Å². The molecule has 1 unspecified atom stereocenters. The molecule has 1 atom stereocenters. The fraction of sp³-hybridized carbons (Fsp3) is 0.290. The van der Waals surface area contributed by atoms with Gasteiger partial charge in [0, 0.05) is 50.2 Å². The summed E-state index contributed by atoms with van der Waals surface area (Å²) in [6.45, 7) is 5.03. The number of piperazine rings is 1. The number of phenols is 1. The summed E-state index contributed by atoms with van der Waals surface area (Å²) in [4.78, 5) is 35.1. The highest BCUT2D eigenvalue weighted by molar-refractivity contribution is 6.51. The van der Waals surface area contributed by atoms with Crippen molar-refractivity contribution in [2.45, 2.75) is 6.04 Å². The average molecular weight is 541 g/mol. The van der Waals surface area contributed by atoms with Gasteiger partial charge in [0.15, 0.2) is 0 Å². The van der Waals surface area contributed by atoms with Crippen LogP contribution < -0.4 is 19.4 Å². The zero-order valence-corrected chi connectivity index (χ0v) is 22.6. The highest BCUT2D eigenvalue weighted by Crippen LogP contribution is 2.44. The third kappa shape index (κ3) is 4.52. The van der Waals surface area contributed by atoms with Gasteiger partial charge < -0.3 is 29.6 Å². The van der Waals surface area contributed by atoms with Crippen LogP contribution in [0.1, 0.15) is 17.2 Å². The van der Waals surface area contributed by atoms with Crippen molar-refractivity contribution in [2.24, 2.45) is 0 Å². The van der Waals surface area contributed by atoms with Crippen LogP contribution in [0.2, 0.25) is 0 Å². The second-order valence-electron chi connectivity index (χ2n) is 10.5. The molecule has 3 aromatic rings. The summed E-state index contributed by atoms with van der Waals surface area (Å²) in [5.41, 5.74) is 3.41. The fourth-order valence-corrected chi connectivity index (χ4v) is 5.61. The van der Waals surface area contributed by atoms with Crippen LogP contribution in [0.3, 0.4) is 0 Å². The number of aromatic hydroxyl groups is 1. The molecule has 3 aliphatic rings. The Morgan fingerprint density at radius 2 is 1.52 bits per heavy atom. The van der Waals surface area contributed by atoms with Gasteiger partial charge in [0.1, 0.15) is 23.9 Å². The van der Waals surface area contributed by atoms with Gasteiger partial charge in [-0.05, 0) is 67.2 Å². The number of aliphatic hydroxyl groups excluding tert-OH is 1. The van der Waals surface area contributed by atoms with E-state index in [2.05, 4.69) is 16.8 Å². The second-order valence-corrected chi connectivity index (χ2v) is 10.5. The number of nitrogens with zero attached hydrogens (tertiary/aromatic N) is 4. The van der Waals surface area contributed by atoms with Crippen molar-refractivity contribution >= 4 is 34.5 Å². The number of phenolic OH excluding ortho intramolecular Hbond substituents is 1. The lowest BCUT2D eigenvalue weighted by Gasteiger charge is -2.34. The number of rotatable bonds is 4. The number of ether oxygens (including phenoxy) is 1. The van der Waals surface area contributed by atoms with Gasteiger partial charge >= 0.3 is 0 Å². The first kappa shape index (κ1) is 25.8. The number of fused-ring (bicyclic) bond motifs is 1. The number of ketones is 1. The van der Waals surface area contributed by atoms with Gasteiger partial charge in [-0.1, -0.05) is 12.1 Å². The van der Waals surface area contributed by atoms with E-state index in [1.807, 2.05) is 36.2 Å². The molecule has 6 rings (SSSR count). The number of Topliss-reactive ketones (excluding diaryl/α,β-unsaturated/α-hetero) is 1. The third-order valence-electron chi connectivity index (χ3n) is 7.98. The van der Waals surface area contributed by atoms with E-state index in [4.69, 9.17) is 4.74 Å². The first-order valence-electron chi connectivity index (χ1n) is 13.4. The largest absolute Gasteiger partial charge is 0.508 e. The van der Waals surface area contributed by atoms with Crippen molar-refractivity contribution in [3.63, 3.8) is 0 Å². The minimum absolute atomic E-state index is 0.00170. The smallest absolute Gasteiger partial charge is 0.300 e. The van der Waals surface area contributed by atoms with Gasteiger partial charge in [0.05, 0.1) is 23.8 Å². The molecule has 0 saturated carbocycles. The molecule has 1 amide bonds. The van der Waals surface area contributed by atoms with E-state index < -0.39 is 17.7 Å². The molecular formula is C31H32N4O5. The first-order valence-corrected chi connectivity index (χ1v) is 13.4. The van der Waals surface area contributed by atoms with Crippen molar-refractivity contribution < 1.29 is 24.5 Å². The van der Waals surface area contributed by atoms with E-state index in [-0.39, 0.29) is 17.1 Å². The molecule has 0 radical (unpaired) electrons. The lowest BCUT2D eigenvalue weighted by Crippen LogP contribution is -2.44. The molecule has 0 bridgehead atoms. The third-order valence-corrected chi connectivity index (χ3v) is 7.98. The monoisotopic (exact) mass is 540 g/mol. The molecule has 0 aromatic heterocycles. The lowest BCUT2D eigenvalue weighted by atomic mass is 9.94. The molecule has 9 heteroatoms. The van der Waals surface area contributed by atoms with Crippen LogP contribution in [0.15, 0.2) is 72.3 Å². The van der Waals surface area contributed by atoms with Crippen molar-refractivity contribution in [1.82, 2.24) is 4.90 Å². The molecule has 2 fully saturated rings. The summed E-state index contributed by atoms with van der Waals surface area (Å²) < 4.78 is 5.73. The molecule has 206 valence electrons. The first-order chi connectivity index (χ1) is 19.3. The quantitative estimate of drug-likeness (QED) is 0.295. The lowest BCUT2D eigenvalue weighted by molar-refractivity contribution is -0.132. The predicted octanol–water partition coefficient (Wildman–Crippen LogP) is 3.60. The maximum absolute atomic E-state index is 13.5. The Bertz CT molecular complexity index is 1480. The minimum Gasteiger partial charge on any atom is -0.508 e. The molecule has 3 aromatic carbocycles. The van der Waals surface area contributed by atoms with Gasteiger partial charge in [-0.25, -0.2) is 0 Å². The molecular weight excluding hydrogens is 508 g/mol. The van der Waals surface area contributed by atoms with Crippen LogP contribution in [-0.4, -0.2) is 80.2 Å². The number of aliphatic hydroxyl groups is 1. The number of hydrogen-bond donors (Lipinski definition) is 2. The summed E-state index contributed by atoms with van der Waals surface area (Å²) in [5.74, 6) is -0.975. The van der Waals surface area contributed by atoms with Crippen LogP contribution in [0.5, 0.6) is 11.5 Å². The maximum Gasteiger partial charge on any atom is 0.300 e. The van der Waals surface area contributed by atoms with Crippen molar-refractivity contribution in [1.29, 1.82) is 0 Å². The number of carbonyl (C=O) groups is 2. The molecule has 2 saturated heterocycles.